The molecule has 0 aliphatic heterocycles. The first kappa shape index (κ1) is 18.4. The Balaban J connectivity index is 2.38. The molecule has 2 heterocycles. The van der Waals surface area contributed by atoms with Gasteiger partial charge in [0.15, 0.2) is 13.1 Å². The van der Waals surface area contributed by atoms with Gasteiger partial charge in [0, 0.05) is 12.8 Å². The van der Waals surface area contributed by atoms with Gasteiger partial charge in [-0.1, -0.05) is 20.8 Å². The average molecular weight is 352 g/mol. The molecule has 12 nitrogen and oxygen atoms in total. The standard InChI is InChI=1S/C13H20N8O4/c1-4-6-20-10(12(14-16-22)24-18-20)8-9(3)11-13(15-17-23)25-19-21(11)7-5-2/h9H,4-8H2,1-3H3. The summed E-state index contributed by atoms with van der Waals surface area (Å²) >= 11 is 0. The lowest BCUT2D eigenvalue weighted by atomic mass is 10.0. The summed E-state index contributed by atoms with van der Waals surface area (Å²) in [5.41, 5.74) is 1.24. The van der Waals surface area contributed by atoms with Crippen molar-refractivity contribution in [3.63, 3.8) is 0 Å². The Morgan fingerprint density at radius 2 is 1.52 bits per heavy atom. The molecular weight excluding hydrogens is 332 g/mol. The van der Waals surface area contributed by atoms with Gasteiger partial charge in [0.1, 0.15) is 0 Å². The van der Waals surface area contributed by atoms with E-state index in [0.29, 0.717) is 30.9 Å². The van der Waals surface area contributed by atoms with E-state index in [9.17, 15) is 10.4 Å². The molecule has 0 bridgehead atoms. The summed E-state index contributed by atoms with van der Waals surface area (Å²) in [7, 11) is 0. The normalized spacial score (nSPS) is 13.2. The molecule has 136 valence electrons. The van der Waals surface area contributed by atoms with Gasteiger partial charge in [-0.25, -0.2) is 10.6 Å². The molecule has 0 aliphatic rings. The minimum absolute atomic E-state index is 0.0563. The molecule has 2 rings (SSSR count). The molecule has 0 saturated carbocycles. The van der Waals surface area contributed by atoms with Crippen LogP contribution in [0.1, 0.15) is 50.9 Å². The second-order valence-electron chi connectivity index (χ2n) is 5.50. The van der Waals surface area contributed by atoms with E-state index in [4.69, 9.17) is 9.05 Å². The van der Waals surface area contributed by atoms with Crippen molar-refractivity contribution in [2.75, 3.05) is 0 Å². The number of aromatic nitrogens is 4. The minimum atomic E-state index is -0.179. The van der Waals surface area contributed by atoms with Gasteiger partial charge in [0.2, 0.25) is 10.5 Å². The zero-order valence-corrected chi connectivity index (χ0v) is 14.3. The van der Waals surface area contributed by atoms with Crippen LogP contribution in [0.4, 0.5) is 11.8 Å². The van der Waals surface area contributed by atoms with Crippen LogP contribution in [0.15, 0.2) is 29.8 Å². The highest BCUT2D eigenvalue weighted by Gasteiger charge is 2.35. The Morgan fingerprint density at radius 1 is 0.960 bits per heavy atom. The van der Waals surface area contributed by atoms with Crippen LogP contribution in [0, 0.1) is 10.4 Å². The Labute approximate surface area is 143 Å². The maximum Gasteiger partial charge on any atom is 0.342 e. The predicted octanol–water partition coefficient (Wildman–Crippen LogP) is 2.57. The van der Waals surface area contributed by atoms with Crippen molar-refractivity contribution in [1.82, 2.24) is 10.5 Å². The van der Waals surface area contributed by atoms with Crippen molar-refractivity contribution < 1.29 is 18.4 Å². The number of hydrogen-bond acceptors (Lipinski definition) is 10. The Kier molecular flexibility index (Phi) is 6.48. The zero-order valence-electron chi connectivity index (χ0n) is 14.3. The molecule has 0 spiro atoms. The van der Waals surface area contributed by atoms with Crippen molar-refractivity contribution in [3.05, 3.63) is 21.8 Å². The summed E-state index contributed by atoms with van der Waals surface area (Å²) in [6, 6.07) is 0. The molecule has 2 aromatic rings. The van der Waals surface area contributed by atoms with Crippen molar-refractivity contribution in [2.45, 2.75) is 59.0 Å². The SMILES string of the molecule is CCC[n+]1noc(/N=N/[O-])c1CC(C)c1c(/N=N/[O-])on[n+]1CCC. The van der Waals surface area contributed by atoms with E-state index in [2.05, 4.69) is 31.3 Å². The maximum atomic E-state index is 10.5. The van der Waals surface area contributed by atoms with E-state index in [-0.39, 0.29) is 17.7 Å². The van der Waals surface area contributed by atoms with Crippen molar-refractivity contribution >= 4 is 11.8 Å². The van der Waals surface area contributed by atoms with E-state index < -0.39 is 0 Å². The number of rotatable bonds is 9. The van der Waals surface area contributed by atoms with Crippen molar-refractivity contribution in [3.8, 4) is 0 Å². The van der Waals surface area contributed by atoms with E-state index in [1.54, 1.807) is 9.36 Å². The van der Waals surface area contributed by atoms with Crippen LogP contribution in [-0.4, -0.2) is 10.5 Å². The first-order valence-corrected chi connectivity index (χ1v) is 8.01. The van der Waals surface area contributed by atoms with Crippen LogP contribution >= 0.6 is 0 Å². The lowest BCUT2D eigenvalue weighted by Gasteiger charge is -2.03. The van der Waals surface area contributed by atoms with Gasteiger partial charge in [0.25, 0.3) is 11.4 Å². The third kappa shape index (κ3) is 4.14. The molecule has 0 radical (unpaired) electrons. The number of aryl methyl sites for hydroxylation is 2. The molecule has 1 atom stereocenters. The molecule has 0 fully saturated rings. The molecule has 0 aromatic carbocycles. The number of hydrogen-bond donors (Lipinski definition) is 0. The smallest absolute Gasteiger partial charge is 0.342 e. The molecule has 1 unspecified atom stereocenters. The van der Waals surface area contributed by atoms with E-state index in [1.807, 2.05) is 20.8 Å². The second kappa shape index (κ2) is 8.80. The minimum Gasteiger partial charge on any atom is -0.775 e. The van der Waals surface area contributed by atoms with Crippen LogP contribution in [-0.2, 0) is 19.5 Å². The average Bonchev–Trinajstić information content (AvgIpc) is 3.15. The Hall–Kier alpha value is -2.92. The first-order valence-electron chi connectivity index (χ1n) is 8.01. The molecular formula is C13H20N8O4. The highest BCUT2D eigenvalue weighted by Crippen LogP contribution is 2.28. The second-order valence-corrected chi connectivity index (χ2v) is 5.50. The predicted molar refractivity (Wildman–Crippen MR) is 81.9 cm³/mol. The molecule has 0 N–H and O–H groups in total. The largest absolute Gasteiger partial charge is 0.775 e. The number of nitrogens with zero attached hydrogens (tertiary/aromatic N) is 8. The fourth-order valence-corrected chi connectivity index (χ4v) is 2.61. The lowest BCUT2D eigenvalue weighted by molar-refractivity contribution is -0.772. The molecule has 0 saturated heterocycles. The van der Waals surface area contributed by atoms with Gasteiger partial charge < -0.3 is 10.4 Å². The van der Waals surface area contributed by atoms with Crippen LogP contribution in [0.2, 0.25) is 0 Å². The topological polar surface area (TPSA) is 155 Å². The molecule has 0 amide bonds. The quantitative estimate of drug-likeness (QED) is 0.383. The molecule has 25 heavy (non-hydrogen) atoms. The summed E-state index contributed by atoms with van der Waals surface area (Å²) in [5, 5.41) is 40.7. The van der Waals surface area contributed by atoms with E-state index in [0.717, 1.165) is 12.8 Å². The summed E-state index contributed by atoms with van der Waals surface area (Å²) in [4.78, 5) is 0. The van der Waals surface area contributed by atoms with Gasteiger partial charge in [-0.05, 0) is 9.36 Å². The summed E-state index contributed by atoms with van der Waals surface area (Å²) < 4.78 is 13.4. The maximum absolute atomic E-state index is 10.5. The summed E-state index contributed by atoms with van der Waals surface area (Å²) in [5.74, 6) is -0.0661. The molecule has 0 aliphatic carbocycles. The van der Waals surface area contributed by atoms with E-state index in [1.165, 1.54) is 0 Å². The molecule has 2 aromatic heterocycles. The van der Waals surface area contributed by atoms with Crippen molar-refractivity contribution in [1.29, 1.82) is 0 Å². The van der Waals surface area contributed by atoms with E-state index >= 15 is 0 Å². The lowest BCUT2D eigenvalue weighted by Crippen LogP contribution is -2.42. The van der Waals surface area contributed by atoms with Gasteiger partial charge in [-0.2, -0.15) is 0 Å². The Bertz CT molecular complexity index is 738. The fraction of sp³-hybridized carbons (Fsp3) is 0.692. The van der Waals surface area contributed by atoms with Crippen LogP contribution in [0.25, 0.3) is 0 Å². The highest BCUT2D eigenvalue weighted by atomic mass is 16.5. The fourth-order valence-electron chi connectivity index (χ4n) is 2.61. The summed E-state index contributed by atoms with van der Waals surface area (Å²) in [6.07, 6.45) is 2.05. The van der Waals surface area contributed by atoms with Gasteiger partial charge >= 0.3 is 11.8 Å². The van der Waals surface area contributed by atoms with Crippen LogP contribution < -0.4 is 9.36 Å². The van der Waals surface area contributed by atoms with Crippen LogP contribution in [0.3, 0.4) is 0 Å². The monoisotopic (exact) mass is 352 g/mol. The van der Waals surface area contributed by atoms with Gasteiger partial charge in [-0.15, -0.1) is 10.2 Å². The molecule has 12 heteroatoms. The third-order valence-corrected chi connectivity index (χ3v) is 3.61. The third-order valence-electron chi connectivity index (χ3n) is 3.61. The van der Waals surface area contributed by atoms with Gasteiger partial charge in [-0.3, -0.25) is 9.05 Å². The Morgan fingerprint density at radius 3 is 2.16 bits per heavy atom. The zero-order chi connectivity index (χ0) is 18.2. The first-order chi connectivity index (χ1) is 12.2. The summed E-state index contributed by atoms with van der Waals surface area (Å²) in [6.45, 7) is 7.09. The van der Waals surface area contributed by atoms with Gasteiger partial charge in [0.05, 0.1) is 12.3 Å². The highest BCUT2D eigenvalue weighted by molar-refractivity contribution is 5.30. The van der Waals surface area contributed by atoms with Crippen molar-refractivity contribution in [2.24, 2.45) is 20.8 Å². The van der Waals surface area contributed by atoms with Crippen LogP contribution in [0.5, 0.6) is 0 Å².